The Bertz CT molecular complexity index is 539. The Morgan fingerprint density at radius 1 is 0.944 bits per heavy atom. The second-order valence-corrected chi connectivity index (χ2v) is 3.96. The molecule has 4 nitrogen and oxygen atoms in total. The molecule has 0 aliphatic heterocycles. The zero-order valence-electron chi connectivity index (χ0n) is 9.80. The highest BCUT2D eigenvalue weighted by Gasteiger charge is 2.08. The zero-order chi connectivity index (χ0) is 12.8. The van der Waals surface area contributed by atoms with Crippen LogP contribution >= 0.6 is 0 Å². The van der Waals surface area contributed by atoms with Crippen molar-refractivity contribution in [3.63, 3.8) is 0 Å². The molecule has 92 valence electrons. The van der Waals surface area contributed by atoms with E-state index in [4.69, 9.17) is 0 Å². The number of nitrogens with one attached hydrogen (secondary N) is 2. The summed E-state index contributed by atoms with van der Waals surface area (Å²) in [6.07, 6.45) is 1.35. The Labute approximate surface area is 105 Å². The van der Waals surface area contributed by atoms with Gasteiger partial charge in [0.15, 0.2) is 0 Å². The molecule has 18 heavy (non-hydrogen) atoms. The summed E-state index contributed by atoms with van der Waals surface area (Å²) in [4.78, 5) is 21.0. The summed E-state index contributed by atoms with van der Waals surface area (Å²) in [5.74, 6) is 0. The van der Waals surface area contributed by atoms with Crippen molar-refractivity contribution >= 4 is 23.6 Å². The topological polar surface area (TPSA) is 58.2 Å². The van der Waals surface area contributed by atoms with Gasteiger partial charge in [-0.15, -0.1) is 0 Å². The maximum absolute atomic E-state index is 10.5. The molecule has 2 rings (SSSR count). The molecule has 2 aromatic carbocycles. The first kappa shape index (κ1) is 12.1. The number of amides is 2. The number of carbonyl (C=O) groups is 2. The highest BCUT2D eigenvalue weighted by atomic mass is 16.1. The van der Waals surface area contributed by atoms with Gasteiger partial charge in [-0.1, -0.05) is 42.5 Å². The van der Waals surface area contributed by atoms with Crippen LogP contribution in [-0.2, 0) is 16.0 Å². The summed E-state index contributed by atoms with van der Waals surface area (Å²) in [6.45, 7) is 0. The Morgan fingerprint density at radius 2 is 1.61 bits per heavy atom. The quantitative estimate of drug-likeness (QED) is 0.590. The number of benzene rings is 2. The lowest BCUT2D eigenvalue weighted by Gasteiger charge is -2.16. The molecule has 0 heterocycles. The summed E-state index contributed by atoms with van der Waals surface area (Å²) in [5, 5.41) is 7.42. The molecule has 0 bridgehead atoms. The average molecular weight is 242 g/mol. The summed E-state index contributed by atoms with van der Waals surface area (Å²) in [5.41, 5.74) is 1.09. The van der Waals surface area contributed by atoms with E-state index in [-0.39, 0.29) is 6.17 Å². The maximum atomic E-state index is 10.5. The lowest BCUT2D eigenvalue weighted by Crippen LogP contribution is -2.42. The van der Waals surface area contributed by atoms with Crippen molar-refractivity contribution in [1.29, 1.82) is 0 Å². The molecule has 0 fully saturated rings. The highest BCUT2D eigenvalue weighted by Crippen LogP contribution is 2.19. The first-order valence-corrected chi connectivity index (χ1v) is 5.71. The second-order valence-electron chi connectivity index (χ2n) is 3.96. The minimum Gasteiger partial charge on any atom is -0.338 e. The third-order valence-corrected chi connectivity index (χ3v) is 2.84. The van der Waals surface area contributed by atoms with Gasteiger partial charge in [0.2, 0.25) is 12.8 Å². The molecule has 0 aliphatic carbocycles. The second kappa shape index (κ2) is 5.82. The maximum Gasteiger partial charge on any atom is 0.208 e. The van der Waals surface area contributed by atoms with Gasteiger partial charge in [-0.3, -0.25) is 9.59 Å². The molecule has 2 N–H and O–H groups in total. The van der Waals surface area contributed by atoms with E-state index < -0.39 is 0 Å². The van der Waals surface area contributed by atoms with Gasteiger partial charge in [0, 0.05) is 6.42 Å². The van der Waals surface area contributed by atoms with E-state index in [0.29, 0.717) is 19.2 Å². The van der Waals surface area contributed by atoms with Gasteiger partial charge in [-0.2, -0.15) is 0 Å². The molecule has 4 heteroatoms. The molecule has 0 aliphatic rings. The lowest BCUT2D eigenvalue weighted by atomic mass is 10.0. The van der Waals surface area contributed by atoms with Crippen LogP contribution in [0.25, 0.3) is 10.8 Å². The summed E-state index contributed by atoms with van der Waals surface area (Å²) in [7, 11) is 0. The number of fused-ring (bicyclic) bond motifs is 1. The molecule has 0 saturated heterocycles. The molecule has 0 aromatic heterocycles. The number of carbonyl (C=O) groups excluding carboxylic acids is 2. The van der Waals surface area contributed by atoms with Crippen molar-refractivity contribution in [3.05, 3.63) is 48.0 Å². The van der Waals surface area contributed by atoms with Crippen LogP contribution in [0.5, 0.6) is 0 Å². The first-order chi connectivity index (χ1) is 8.85. The predicted octanol–water partition coefficient (Wildman–Crippen LogP) is 1.20. The van der Waals surface area contributed by atoms with Gasteiger partial charge in [0.1, 0.15) is 6.17 Å². The van der Waals surface area contributed by atoms with Crippen LogP contribution in [0.1, 0.15) is 5.56 Å². The predicted molar refractivity (Wildman–Crippen MR) is 69.8 cm³/mol. The Balaban J connectivity index is 2.29. The molecular formula is C14H14N2O2. The van der Waals surface area contributed by atoms with E-state index in [9.17, 15) is 9.59 Å². The van der Waals surface area contributed by atoms with E-state index in [2.05, 4.69) is 10.6 Å². The van der Waals surface area contributed by atoms with Crippen molar-refractivity contribution in [2.75, 3.05) is 0 Å². The molecule has 0 saturated carbocycles. The molecular weight excluding hydrogens is 228 g/mol. The standard InChI is InChI=1S/C14H14N2O2/c17-9-15-14(16-10-18)8-12-6-3-5-11-4-1-2-7-13(11)12/h1-7,9-10,14H,8H2,(H,15,17)(H,16,18). The Hall–Kier alpha value is -2.36. The van der Waals surface area contributed by atoms with Crippen LogP contribution in [0.3, 0.4) is 0 Å². The van der Waals surface area contributed by atoms with Crippen molar-refractivity contribution < 1.29 is 9.59 Å². The minimum atomic E-state index is -0.384. The summed E-state index contributed by atoms with van der Waals surface area (Å²) < 4.78 is 0. The molecule has 0 radical (unpaired) electrons. The Kier molecular flexibility index (Phi) is 3.91. The third kappa shape index (κ3) is 2.66. The van der Waals surface area contributed by atoms with Crippen LogP contribution in [0.15, 0.2) is 42.5 Å². The van der Waals surface area contributed by atoms with Crippen LogP contribution in [0.4, 0.5) is 0 Å². The number of hydrogen-bond acceptors (Lipinski definition) is 2. The third-order valence-electron chi connectivity index (χ3n) is 2.84. The van der Waals surface area contributed by atoms with E-state index in [0.717, 1.165) is 16.3 Å². The lowest BCUT2D eigenvalue weighted by molar-refractivity contribution is -0.112. The van der Waals surface area contributed by atoms with Gasteiger partial charge in [0.05, 0.1) is 0 Å². The van der Waals surface area contributed by atoms with Crippen molar-refractivity contribution in [1.82, 2.24) is 10.6 Å². The monoisotopic (exact) mass is 242 g/mol. The first-order valence-electron chi connectivity index (χ1n) is 5.71. The van der Waals surface area contributed by atoms with E-state index >= 15 is 0 Å². The van der Waals surface area contributed by atoms with Gasteiger partial charge >= 0.3 is 0 Å². The largest absolute Gasteiger partial charge is 0.338 e. The molecule has 2 amide bonds. The Morgan fingerprint density at radius 3 is 2.33 bits per heavy atom. The number of rotatable bonds is 6. The van der Waals surface area contributed by atoms with Crippen molar-refractivity contribution in [2.24, 2.45) is 0 Å². The average Bonchev–Trinajstić information content (AvgIpc) is 2.40. The van der Waals surface area contributed by atoms with Crippen LogP contribution < -0.4 is 10.6 Å². The van der Waals surface area contributed by atoms with Crippen molar-refractivity contribution in [2.45, 2.75) is 12.6 Å². The zero-order valence-corrected chi connectivity index (χ0v) is 9.80. The fourth-order valence-corrected chi connectivity index (χ4v) is 2.02. The fourth-order valence-electron chi connectivity index (χ4n) is 2.02. The fraction of sp³-hybridized carbons (Fsp3) is 0.143. The van der Waals surface area contributed by atoms with Gasteiger partial charge in [-0.05, 0) is 16.3 Å². The number of hydrogen-bond donors (Lipinski definition) is 2. The van der Waals surface area contributed by atoms with Crippen LogP contribution in [0.2, 0.25) is 0 Å². The van der Waals surface area contributed by atoms with E-state index in [1.807, 2.05) is 42.5 Å². The van der Waals surface area contributed by atoms with E-state index in [1.165, 1.54) is 0 Å². The van der Waals surface area contributed by atoms with Crippen molar-refractivity contribution in [3.8, 4) is 0 Å². The normalized spacial score (nSPS) is 10.3. The highest BCUT2D eigenvalue weighted by molar-refractivity contribution is 5.85. The van der Waals surface area contributed by atoms with Crippen LogP contribution in [0, 0.1) is 0 Å². The van der Waals surface area contributed by atoms with Crippen LogP contribution in [-0.4, -0.2) is 19.0 Å². The van der Waals surface area contributed by atoms with Gasteiger partial charge in [-0.25, -0.2) is 0 Å². The van der Waals surface area contributed by atoms with Gasteiger partial charge < -0.3 is 10.6 Å². The minimum absolute atomic E-state index is 0.384. The molecule has 0 unspecified atom stereocenters. The smallest absolute Gasteiger partial charge is 0.208 e. The summed E-state index contributed by atoms with van der Waals surface area (Å²) >= 11 is 0. The van der Waals surface area contributed by atoms with E-state index in [1.54, 1.807) is 0 Å². The molecule has 2 aromatic rings. The molecule has 0 atom stereocenters. The summed E-state index contributed by atoms with van der Waals surface area (Å²) in [6, 6.07) is 14.0. The SMILES string of the molecule is O=CNC(Cc1cccc2ccccc12)NC=O. The van der Waals surface area contributed by atoms with Gasteiger partial charge in [0.25, 0.3) is 0 Å². The molecule has 0 spiro atoms.